The van der Waals surface area contributed by atoms with Gasteiger partial charge in [-0.15, -0.1) is 24.8 Å². The molecule has 0 amide bonds. The molecule has 100 valence electrons. The van der Waals surface area contributed by atoms with E-state index in [9.17, 15) is 18.0 Å². The van der Waals surface area contributed by atoms with Crippen molar-refractivity contribution in [3.63, 3.8) is 0 Å². The van der Waals surface area contributed by atoms with Crippen molar-refractivity contribution in [2.75, 3.05) is 7.11 Å². The van der Waals surface area contributed by atoms with Crippen molar-refractivity contribution >= 4 is 40.2 Å². The summed E-state index contributed by atoms with van der Waals surface area (Å²) in [6, 6.07) is 0.953. The van der Waals surface area contributed by atoms with Gasteiger partial charge in [-0.1, -0.05) is 0 Å². The van der Waals surface area contributed by atoms with Crippen LogP contribution in [0.3, 0.4) is 0 Å². The fraction of sp³-hybridized carbons (Fsp3) is 0.333. The van der Waals surface area contributed by atoms with Gasteiger partial charge in [0.15, 0.2) is 0 Å². The lowest BCUT2D eigenvalue weighted by molar-refractivity contribution is -0.276. The quantitative estimate of drug-likeness (QED) is 0.342. The van der Waals surface area contributed by atoms with Crippen LogP contribution in [0.15, 0.2) is 6.07 Å². The first kappa shape index (κ1) is 15.3. The van der Waals surface area contributed by atoms with Crippen molar-refractivity contribution in [2.45, 2.75) is 12.2 Å². The fourth-order valence-corrected chi connectivity index (χ4v) is 2.15. The molecule has 0 N–H and O–H groups in total. The number of alkyl halides is 4. The summed E-state index contributed by atoms with van der Waals surface area (Å²) in [5.74, 6) is -1.56. The average Bonchev–Trinajstić information content (AvgIpc) is 2.24. The number of methoxy groups -OCH3 is 1. The highest BCUT2D eigenvalue weighted by Gasteiger charge is 2.32. The van der Waals surface area contributed by atoms with Crippen molar-refractivity contribution in [1.82, 2.24) is 4.98 Å². The molecule has 18 heavy (non-hydrogen) atoms. The van der Waals surface area contributed by atoms with E-state index in [2.05, 4.69) is 14.5 Å². The molecular weight excluding hydrogens is 389 g/mol. The fourth-order valence-electron chi connectivity index (χ4n) is 1.13. The van der Waals surface area contributed by atoms with Gasteiger partial charge in [0.1, 0.15) is 3.70 Å². The summed E-state index contributed by atoms with van der Waals surface area (Å²) in [5, 5.41) is 0. The molecule has 0 atom stereocenters. The van der Waals surface area contributed by atoms with Crippen LogP contribution in [0.5, 0.6) is 5.88 Å². The first-order valence-corrected chi connectivity index (χ1v) is 5.99. The van der Waals surface area contributed by atoms with E-state index < -0.39 is 18.2 Å². The molecule has 1 aromatic heterocycles. The van der Waals surface area contributed by atoms with Crippen molar-refractivity contribution in [3.8, 4) is 5.88 Å². The minimum Gasteiger partial charge on any atom is -0.465 e. The van der Waals surface area contributed by atoms with Gasteiger partial charge >= 0.3 is 12.3 Å². The number of esters is 1. The molecular formula is C9H6ClF3INO3. The third-order valence-corrected chi connectivity index (χ3v) is 2.86. The predicted octanol–water partition coefficient (Wildman–Crippen LogP) is 3.11. The van der Waals surface area contributed by atoms with E-state index >= 15 is 0 Å². The van der Waals surface area contributed by atoms with E-state index in [0.717, 1.165) is 13.2 Å². The number of carbonyl (C=O) groups is 1. The maximum absolute atomic E-state index is 12.0. The minimum atomic E-state index is -4.85. The minimum absolute atomic E-state index is 0.0249. The third kappa shape index (κ3) is 3.87. The van der Waals surface area contributed by atoms with Gasteiger partial charge in [-0.3, -0.25) is 0 Å². The summed E-state index contributed by atoms with van der Waals surface area (Å²) < 4.78 is 44.3. The maximum Gasteiger partial charge on any atom is 0.574 e. The Labute approximate surface area is 119 Å². The molecule has 0 saturated carbocycles. The van der Waals surface area contributed by atoms with Gasteiger partial charge in [0.25, 0.3) is 0 Å². The van der Waals surface area contributed by atoms with Crippen molar-refractivity contribution < 1.29 is 27.4 Å². The first-order chi connectivity index (χ1) is 8.28. The smallest absolute Gasteiger partial charge is 0.465 e. The molecule has 0 unspecified atom stereocenters. The lowest BCUT2D eigenvalue weighted by Crippen LogP contribution is -2.19. The standard InChI is InChI=1S/C9H6ClF3INO3/c1-17-8(16)6-4(3-10)2-5(15-7(6)14)18-9(11,12)13/h2H,3H2,1H3. The summed E-state index contributed by atoms with van der Waals surface area (Å²) in [7, 11) is 1.15. The molecule has 4 nitrogen and oxygen atoms in total. The normalized spacial score (nSPS) is 11.2. The molecule has 1 aromatic rings. The van der Waals surface area contributed by atoms with Crippen LogP contribution >= 0.6 is 34.2 Å². The lowest BCUT2D eigenvalue weighted by Gasteiger charge is -2.12. The molecule has 0 aliphatic carbocycles. The highest BCUT2D eigenvalue weighted by atomic mass is 127. The number of carbonyl (C=O) groups excluding carboxylic acids is 1. The summed E-state index contributed by atoms with van der Waals surface area (Å²) >= 11 is 7.18. The lowest BCUT2D eigenvalue weighted by atomic mass is 10.1. The number of nitrogens with zero attached hydrogens (tertiary/aromatic N) is 1. The Morgan fingerprint density at radius 2 is 2.17 bits per heavy atom. The van der Waals surface area contributed by atoms with Gasteiger partial charge < -0.3 is 9.47 Å². The van der Waals surface area contributed by atoms with Crippen LogP contribution in [0.25, 0.3) is 0 Å². The summed E-state index contributed by atoms with van der Waals surface area (Å²) in [4.78, 5) is 14.9. The second kappa shape index (κ2) is 5.91. The number of ether oxygens (including phenoxy) is 2. The van der Waals surface area contributed by atoms with Crippen LogP contribution in [0.2, 0.25) is 0 Å². The van der Waals surface area contributed by atoms with E-state index in [1.165, 1.54) is 0 Å². The molecule has 1 rings (SSSR count). The Morgan fingerprint density at radius 3 is 2.61 bits per heavy atom. The Morgan fingerprint density at radius 1 is 1.56 bits per heavy atom. The third-order valence-electron chi connectivity index (χ3n) is 1.79. The average molecular weight is 396 g/mol. The van der Waals surface area contributed by atoms with Crippen LogP contribution in [0.4, 0.5) is 13.2 Å². The van der Waals surface area contributed by atoms with Crippen LogP contribution in [-0.4, -0.2) is 24.4 Å². The Hall–Kier alpha value is -0.770. The number of hydrogen-bond donors (Lipinski definition) is 0. The topological polar surface area (TPSA) is 48.4 Å². The summed E-state index contributed by atoms with van der Waals surface area (Å²) in [6.45, 7) is 0. The summed E-state index contributed by atoms with van der Waals surface area (Å²) in [6.07, 6.45) is -4.85. The number of hydrogen-bond acceptors (Lipinski definition) is 4. The molecule has 0 aliphatic rings. The van der Waals surface area contributed by atoms with Crippen molar-refractivity contribution in [1.29, 1.82) is 0 Å². The highest BCUT2D eigenvalue weighted by molar-refractivity contribution is 14.1. The van der Waals surface area contributed by atoms with Crippen LogP contribution in [-0.2, 0) is 10.6 Å². The van der Waals surface area contributed by atoms with E-state index in [1.807, 2.05) is 0 Å². The Bertz CT molecular complexity index is 467. The molecule has 0 radical (unpaired) electrons. The van der Waals surface area contributed by atoms with Gasteiger partial charge in [0, 0.05) is 11.9 Å². The molecule has 0 aromatic carbocycles. The number of rotatable bonds is 3. The van der Waals surface area contributed by atoms with Gasteiger partial charge in [-0.25, -0.2) is 9.78 Å². The zero-order valence-electron chi connectivity index (χ0n) is 8.85. The molecule has 9 heteroatoms. The Balaban J connectivity index is 3.23. The molecule has 0 bridgehead atoms. The van der Waals surface area contributed by atoms with Crippen molar-refractivity contribution in [2.24, 2.45) is 0 Å². The predicted molar refractivity (Wildman–Crippen MR) is 64.5 cm³/mol. The van der Waals surface area contributed by atoms with Gasteiger partial charge in [-0.05, 0) is 28.2 Å². The molecule has 0 spiro atoms. The number of halogens is 5. The van der Waals surface area contributed by atoms with E-state index in [4.69, 9.17) is 11.6 Å². The van der Waals surface area contributed by atoms with E-state index in [0.29, 0.717) is 0 Å². The molecule has 0 aliphatic heterocycles. The highest BCUT2D eigenvalue weighted by Crippen LogP contribution is 2.27. The molecule has 0 fully saturated rings. The molecule has 0 saturated heterocycles. The maximum atomic E-state index is 12.0. The van der Waals surface area contributed by atoms with Gasteiger partial charge in [-0.2, -0.15) is 0 Å². The van der Waals surface area contributed by atoms with Crippen LogP contribution < -0.4 is 4.74 Å². The van der Waals surface area contributed by atoms with Crippen molar-refractivity contribution in [3.05, 3.63) is 20.9 Å². The van der Waals surface area contributed by atoms with Crippen LogP contribution in [0, 0.1) is 3.70 Å². The zero-order chi connectivity index (χ0) is 13.9. The van der Waals surface area contributed by atoms with Gasteiger partial charge in [0.05, 0.1) is 12.7 Å². The zero-order valence-corrected chi connectivity index (χ0v) is 11.8. The number of pyridine rings is 1. The SMILES string of the molecule is COC(=O)c1c(CCl)cc(OC(F)(F)F)nc1I. The second-order valence-electron chi connectivity index (χ2n) is 2.96. The van der Waals surface area contributed by atoms with E-state index in [1.54, 1.807) is 22.6 Å². The Kier molecular flexibility index (Phi) is 5.02. The van der Waals surface area contributed by atoms with Crippen LogP contribution in [0.1, 0.15) is 15.9 Å². The van der Waals surface area contributed by atoms with E-state index in [-0.39, 0.29) is 20.7 Å². The van der Waals surface area contributed by atoms with Gasteiger partial charge in [0.2, 0.25) is 5.88 Å². The monoisotopic (exact) mass is 395 g/mol. The second-order valence-corrected chi connectivity index (χ2v) is 4.25. The largest absolute Gasteiger partial charge is 0.574 e. The molecule has 1 heterocycles. The number of aromatic nitrogens is 1. The summed E-state index contributed by atoms with van der Waals surface area (Å²) in [5.41, 5.74) is 0.185. The first-order valence-electron chi connectivity index (χ1n) is 4.38.